The summed E-state index contributed by atoms with van der Waals surface area (Å²) < 4.78 is 11.3. The zero-order chi connectivity index (χ0) is 21.6. The van der Waals surface area contributed by atoms with Gasteiger partial charge in [-0.3, -0.25) is 18.5 Å². The van der Waals surface area contributed by atoms with Crippen molar-refractivity contribution >= 4 is 27.1 Å². The SMILES string of the molecule is Cc1ccc(C)c(Oc2nc3c(c(=O)n(C)c(=O)n3C)n2Cc2cccc(Br)c2)c1. The van der Waals surface area contributed by atoms with Crippen molar-refractivity contribution in [2.45, 2.75) is 20.4 Å². The van der Waals surface area contributed by atoms with E-state index in [4.69, 9.17) is 4.74 Å². The van der Waals surface area contributed by atoms with Gasteiger partial charge in [-0.1, -0.05) is 40.2 Å². The molecule has 4 aromatic rings. The van der Waals surface area contributed by atoms with Gasteiger partial charge >= 0.3 is 11.7 Å². The molecule has 0 atom stereocenters. The highest BCUT2D eigenvalue weighted by atomic mass is 79.9. The van der Waals surface area contributed by atoms with Crippen molar-refractivity contribution in [3.05, 3.63) is 84.5 Å². The highest BCUT2D eigenvalue weighted by Gasteiger charge is 2.21. The second-order valence-corrected chi connectivity index (χ2v) is 8.28. The van der Waals surface area contributed by atoms with Gasteiger partial charge in [-0.2, -0.15) is 4.98 Å². The summed E-state index contributed by atoms with van der Waals surface area (Å²) in [7, 11) is 3.06. The van der Waals surface area contributed by atoms with Crippen LogP contribution >= 0.6 is 15.9 Å². The number of imidazole rings is 1. The third kappa shape index (κ3) is 3.47. The summed E-state index contributed by atoms with van der Waals surface area (Å²) in [6.45, 7) is 4.30. The second kappa shape index (κ2) is 7.60. The third-order valence-corrected chi connectivity index (χ3v) is 5.58. The minimum absolute atomic E-state index is 0.261. The van der Waals surface area contributed by atoms with Gasteiger partial charge < -0.3 is 4.74 Å². The molecular weight excluding hydrogens is 448 g/mol. The van der Waals surface area contributed by atoms with E-state index in [-0.39, 0.29) is 6.01 Å². The minimum Gasteiger partial charge on any atom is -0.425 e. The molecular formula is C22H21BrN4O3. The number of benzene rings is 2. The maximum Gasteiger partial charge on any atom is 0.332 e. The van der Waals surface area contributed by atoms with E-state index >= 15 is 0 Å². The highest BCUT2D eigenvalue weighted by Crippen LogP contribution is 2.28. The molecule has 2 heterocycles. The molecule has 0 saturated heterocycles. The Morgan fingerprint density at radius 1 is 1.03 bits per heavy atom. The first-order valence-corrected chi connectivity index (χ1v) is 10.2. The summed E-state index contributed by atoms with van der Waals surface area (Å²) in [5.74, 6) is 0.655. The molecule has 0 bridgehead atoms. The summed E-state index contributed by atoms with van der Waals surface area (Å²) >= 11 is 3.49. The fourth-order valence-corrected chi connectivity index (χ4v) is 3.83. The average molecular weight is 469 g/mol. The summed E-state index contributed by atoms with van der Waals surface area (Å²) in [6, 6.07) is 14.0. The van der Waals surface area contributed by atoms with Crippen molar-refractivity contribution in [1.82, 2.24) is 18.7 Å². The van der Waals surface area contributed by atoms with Gasteiger partial charge in [0.1, 0.15) is 5.75 Å². The molecule has 0 spiro atoms. The number of rotatable bonds is 4. The van der Waals surface area contributed by atoms with Crippen molar-refractivity contribution in [2.24, 2.45) is 14.1 Å². The maximum absolute atomic E-state index is 13.0. The van der Waals surface area contributed by atoms with Crippen LogP contribution in [0, 0.1) is 13.8 Å². The fraction of sp³-hybridized carbons (Fsp3) is 0.227. The first-order valence-electron chi connectivity index (χ1n) is 9.42. The molecule has 0 unspecified atom stereocenters. The smallest absolute Gasteiger partial charge is 0.332 e. The van der Waals surface area contributed by atoms with Crippen LogP contribution in [-0.4, -0.2) is 18.7 Å². The van der Waals surface area contributed by atoms with Crippen molar-refractivity contribution in [3.8, 4) is 11.8 Å². The van der Waals surface area contributed by atoms with Crippen molar-refractivity contribution in [1.29, 1.82) is 0 Å². The first-order chi connectivity index (χ1) is 14.3. The Balaban J connectivity index is 1.97. The number of hydrogen-bond donors (Lipinski definition) is 0. The second-order valence-electron chi connectivity index (χ2n) is 7.36. The summed E-state index contributed by atoms with van der Waals surface area (Å²) in [5, 5.41) is 0. The maximum atomic E-state index is 13.0. The van der Waals surface area contributed by atoms with E-state index in [1.165, 1.54) is 11.6 Å². The van der Waals surface area contributed by atoms with Gasteiger partial charge in [0.05, 0.1) is 6.54 Å². The average Bonchev–Trinajstić information content (AvgIpc) is 3.05. The molecule has 4 rings (SSSR count). The van der Waals surface area contributed by atoms with Crippen LogP contribution in [-0.2, 0) is 20.6 Å². The number of halogens is 1. The van der Waals surface area contributed by atoms with Gasteiger partial charge in [0.25, 0.3) is 5.56 Å². The van der Waals surface area contributed by atoms with Crippen LogP contribution in [0.2, 0.25) is 0 Å². The Hall–Kier alpha value is -3.13. The summed E-state index contributed by atoms with van der Waals surface area (Å²) in [5.41, 5.74) is 2.73. The summed E-state index contributed by atoms with van der Waals surface area (Å²) in [4.78, 5) is 29.9. The molecule has 0 radical (unpaired) electrons. The molecule has 154 valence electrons. The molecule has 0 N–H and O–H groups in total. The van der Waals surface area contributed by atoms with E-state index in [1.54, 1.807) is 11.6 Å². The van der Waals surface area contributed by atoms with Gasteiger partial charge in [-0.05, 0) is 48.7 Å². The quantitative estimate of drug-likeness (QED) is 0.458. The molecule has 2 aromatic carbocycles. The highest BCUT2D eigenvalue weighted by molar-refractivity contribution is 9.10. The predicted octanol–water partition coefficient (Wildman–Crippen LogP) is 3.65. The molecule has 0 amide bonds. The van der Waals surface area contributed by atoms with Crippen LogP contribution < -0.4 is 16.0 Å². The molecule has 0 saturated carbocycles. The number of aromatic nitrogens is 4. The molecule has 0 aliphatic carbocycles. The first kappa shape index (κ1) is 20.2. The van der Waals surface area contributed by atoms with Crippen LogP contribution in [0.15, 0.2) is 56.5 Å². The molecule has 30 heavy (non-hydrogen) atoms. The lowest BCUT2D eigenvalue weighted by Gasteiger charge is -2.12. The van der Waals surface area contributed by atoms with Crippen molar-refractivity contribution < 1.29 is 4.74 Å². The van der Waals surface area contributed by atoms with Gasteiger partial charge in [0.15, 0.2) is 11.2 Å². The lowest BCUT2D eigenvalue weighted by Crippen LogP contribution is -2.37. The van der Waals surface area contributed by atoms with Gasteiger partial charge in [0, 0.05) is 18.6 Å². The van der Waals surface area contributed by atoms with Gasteiger partial charge in [-0.15, -0.1) is 0 Å². The Bertz CT molecular complexity index is 1400. The van der Waals surface area contributed by atoms with Gasteiger partial charge in [0.2, 0.25) is 0 Å². The normalized spacial score (nSPS) is 11.2. The molecule has 8 heteroatoms. The third-order valence-electron chi connectivity index (χ3n) is 5.09. The van der Waals surface area contributed by atoms with E-state index in [9.17, 15) is 9.59 Å². The van der Waals surface area contributed by atoms with Crippen LogP contribution in [0.5, 0.6) is 11.8 Å². The van der Waals surface area contributed by atoms with E-state index in [1.807, 2.05) is 56.3 Å². The molecule has 0 aliphatic heterocycles. The number of hydrogen-bond acceptors (Lipinski definition) is 4. The van der Waals surface area contributed by atoms with Gasteiger partial charge in [-0.25, -0.2) is 4.79 Å². The Kier molecular flexibility index (Phi) is 5.11. The summed E-state index contributed by atoms with van der Waals surface area (Å²) in [6.07, 6.45) is 0. The Morgan fingerprint density at radius 3 is 2.53 bits per heavy atom. The zero-order valence-corrected chi connectivity index (χ0v) is 18.7. The van der Waals surface area contributed by atoms with E-state index in [0.29, 0.717) is 23.5 Å². The number of fused-ring (bicyclic) bond motifs is 1. The molecule has 0 aliphatic rings. The lowest BCUT2D eigenvalue weighted by atomic mass is 10.1. The standard InChI is InChI=1S/C22H21BrN4O3/c1-13-8-9-14(2)17(10-13)30-21-24-19-18(20(28)26(4)22(29)25(19)3)27(21)12-15-6-5-7-16(23)11-15/h5-11H,12H2,1-4H3. The zero-order valence-electron chi connectivity index (χ0n) is 17.1. The number of ether oxygens (including phenoxy) is 1. The van der Waals surface area contributed by atoms with Crippen LogP contribution in [0.4, 0.5) is 0 Å². The van der Waals surface area contributed by atoms with Crippen molar-refractivity contribution in [2.75, 3.05) is 0 Å². The lowest BCUT2D eigenvalue weighted by molar-refractivity contribution is 0.418. The van der Waals surface area contributed by atoms with Crippen LogP contribution in [0.3, 0.4) is 0 Å². The predicted molar refractivity (Wildman–Crippen MR) is 119 cm³/mol. The largest absolute Gasteiger partial charge is 0.425 e. The topological polar surface area (TPSA) is 71.1 Å². The molecule has 0 fully saturated rings. The van der Waals surface area contributed by atoms with E-state index in [0.717, 1.165) is 25.7 Å². The van der Waals surface area contributed by atoms with Crippen molar-refractivity contribution in [3.63, 3.8) is 0 Å². The monoisotopic (exact) mass is 468 g/mol. The minimum atomic E-state index is -0.433. The Labute approximate surface area is 181 Å². The Morgan fingerprint density at radius 2 is 1.80 bits per heavy atom. The number of nitrogens with zero attached hydrogens (tertiary/aromatic N) is 4. The molecule has 7 nitrogen and oxygen atoms in total. The number of aryl methyl sites for hydroxylation is 3. The molecule has 2 aromatic heterocycles. The van der Waals surface area contributed by atoms with Crippen LogP contribution in [0.1, 0.15) is 16.7 Å². The van der Waals surface area contributed by atoms with E-state index < -0.39 is 11.2 Å². The van der Waals surface area contributed by atoms with Crippen LogP contribution in [0.25, 0.3) is 11.2 Å². The fourth-order valence-electron chi connectivity index (χ4n) is 3.38. The van der Waals surface area contributed by atoms with E-state index in [2.05, 4.69) is 20.9 Å².